The molecule has 2 aromatic carbocycles. The van der Waals surface area contributed by atoms with Gasteiger partial charge in [0.1, 0.15) is 17.3 Å². The molecule has 0 atom stereocenters. The van der Waals surface area contributed by atoms with Gasteiger partial charge in [0.25, 0.3) is 5.91 Å². The third kappa shape index (κ3) is 3.31. The van der Waals surface area contributed by atoms with Gasteiger partial charge in [-0.3, -0.25) is 4.79 Å². The Morgan fingerprint density at radius 2 is 1.86 bits per heavy atom. The van der Waals surface area contributed by atoms with Crippen LogP contribution >= 0.6 is 0 Å². The average molecular weight is 288 g/mol. The lowest BCUT2D eigenvalue weighted by molar-refractivity contribution is 0.0827. The number of anilines is 1. The molecule has 0 unspecified atom stereocenters. The van der Waals surface area contributed by atoms with E-state index in [1.165, 1.54) is 17.0 Å². The van der Waals surface area contributed by atoms with Crippen LogP contribution in [0.25, 0.3) is 0 Å². The van der Waals surface area contributed by atoms with Gasteiger partial charge in [-0.05, 0) is 36.8 Å². The van der Waals surface area contributed by atoms with Crippen LogP contribution in [0.3, 0.4) is 0 Å². The van der Waals surface area contributed by atoms with Crippen molar-refractivity contribution in [2.75, 3.05) is 19.8 Å². The molecule has 21 heavy (non-hydrogen) atoms. The molecule has 4 nitrogen and oxygen atoms in total. The van der Waals surface area contributed by atoms with Gasteiger partial charge < -0.3 is 15.4 Å². The number of ether oxygens (including phenoxy) is 1. The second-order valence-corrected chi connectivity index (χ2v) is 4.96. The third-order valence-electron chi connectivity index (χ3n) is 3.03. The topological polar surface area (TPSA) is 55.6 Å². The predicted octanol–water partition coefficient (Wildman–Crippen LogP) is 3.21. The Hall–Kier alpha value is -2.56. The van der Waals surface area contributed by atoms with E-state index in [-0.39, 0.29) is 11.7 Å². The highest BCUT2D eigenvalue weighted by atomic mass is 19.1. The maximum atomic E-state index is 13.2. The maximum Gasteiger partial charge on any atom is 0.253 e. The summed E-state index contributed by atoms with van der Waals surface area (Å²) in [6.45, 7) is 1.81. The second kappa shape index (κ2) is 5.83. The van der Waals surface area contributed by atoms with Crippen LogP contribution in [-0.4, -0.2) is 24.9 Å². The molecule has 0 heterocycles. The Balaban J connectivity index is 2.30. The minimum absolute atomic E-state index is 0.143. The second-order valence-electron chi connectivity index (χ2n) is 4.96. The average Bonchev–Trinajstić information content (AvgIpc) is 2.44. The van der Waals surface area contributed by atoms with Crippen molar-refractivity contribution in [1.29, 1.82) is 0 Å². The van der Waals surface area contributed by atoms with Crippen molar-refractivity contribution in [2.24, 2.45) is 0 Å². The van der Waals surface area contributed by atoms with Crippen molar-refractivity contribution >= 4 is 11.6 Å². The molecule has 0 saturated heterocycles. The van der Waals surface area contributed by atoms with Crippen LogP contribution in [0.1, 0.15) is 15.9 Å². The molecule has 2 N–H and O–H groups in total. The zero-order valence-electron chi connectivity index (χ0n) is 12.2. The molecule has 2 rings (SSSR count). The number of carbonyl (C=O) groups is 1. The maximum absolute atomic E-state index is 13.2. The molecule has 1 amide bonds. The molecule has 110 valence electrons. The summed E-state index contributed by atoms with van der Waals surface area (Å²) in [5.74, 6) is 0.260. The molecule has 0 bridgehead atoms. The molecule has 0 aliphatic rings. The van der Waals surface area contributed by atoms with Crippen LogP contribution in [0.2, 0.25) is 0 Å². The molecule has 0 aliphatic heterocycles. The Bertz CT molecular complexity index is 684. The number of halogens is 1. The van der Waals surface area contributed by atoms with Gasteiger partial charge in [0, 0.05) is 25.7 Å². The SMILES string of the molecule is Cc1ccc(F)cc1Oc1ccc(C(=O)N(C)C)cc1N. The smallest absolute Gasteiger partial charge is 0.253 e. The van der Waals surface area contributed by atoms with Crippen LogP contribution in [0.15, 0.2) is 36.4 Å². The summed E-state index contributed by atoms with van der Waals surface area (Å²) in [5.41, 5.74) is 7.50. The highest BCUT2D eigenvalue weighted by Crippen LogP contribution is 2.30. The summed E-state index contributed by atoms with van der Waals surface area (Å²) in [6, 6.07) is 9.08. The number of hydrogen-bond acceptors (Lipinski definition) is 3. The summed E-state index contributed by atoms with van der Waals surface area (Å²) in [7, 11) is 3.33. The van der Waals surface area contributed by atoms with E-state index in [1.807, 2.05) is 6.92 Å². The Labute approximate surface area is 122 Å². The van der Waals surface area contributed by atoms with Crippen molar-refractivity contribution in [3.63, 3.8) is 0 Å². The fourth-order valence-corrected chi connectivity index (χ4v) is 1.83. The number of benzene rings is 2. The van der Waals surface area contributed by atoms with Crippen molar-refractivity contribution in [3.05, 3.63) is 53.3 Å². The number of nitrogen functional groups attached to an aromatic ring is 1. The van der Waals surface area contributed by atoms with Gasteiger partial charge in [-0.2, -0.15) is 0 Å². The first-order valence-corrected chi connectivity index (χ1v) is 6.43. The quantitative estimate of drug-likeness (QED) is 0.882. The summed E-state index contributed by atoms with van der Waals surface area (Å²) < 4.78 is 18.9. The number of amides is 1. The third-order valence-corrected chi connectivity index (χ3v) is 3.03. The largest absolute Gasteiger partial charge is 0.455 e. The van der Waals surface area contributed by atoms with Crippen molar-refractivity contribution in [2.45, 2.75) is 6.92 Å². The Morgan fingerprint density at radius 3 is 2.48 bits per heavy atom. The molecule has 2 aromatic rings. The molecule has 0 saturated carbocycles. The molecule has 0 spiro atoms. The van der Waals surface area contributed by atoms with E-state index in [4.69, 9.17) is 10.5 Å². The number of nitrogens with zero attached hydrogens (tertiary/aromatic N) is 1. The first kappa shape index (κ1) is 14.8. The fourth-order valence-electron chi connectivity index (χ4n) is 1.83. The van der Waals surface area contributed by atoms with Gasteiger partial charge in [-0.1, -0.05) is 6.07 Å². The number of carbonyl (C=O) groups excluding carboxylic acids is 1. The molecular formula is C16H17FN2O2. The van der Waals surface area contributed by atoms with E-state index >= 15 is 0 Å². The summed E-state index contributed by atoms with van der Waals surface area (Å²) >= 11 is 0. The van der Waals surface area contributed by atoms with Crippen LogP contribution in [0.4, 0.5) is 10.1 Å². The van der Waals surface area contributed by atoms with E-state index < -0.39 is 0 Å². The number of hydrogen-bond donors (Lipinski definition) is 1. The first-order valence-electron chi connectivity index (χ1n) is 6.43. The van der Waals surface area contributed by atoms with Crippen LogP contribution in [-0.2, 0) is 0 Å². The highest BCUT2D eigenvalue weighted by Gasteiger charge is 2.12. The standard InChI is InChI=1S/C16H17FN2O2/c1-10-4-6-12(17)9-15(10)21-14-7-5-11(8-13(14)18)16(20)19(2)3/h4-9H,18H2,1-3H3. The predicted molar refractivity (Wildman–Crippen MR) is 80.1 cm³/mol. The van der Waals surface area contributed by atoms with Crippen molar-refractivity contribution in [3.8, 4) is 11.5 Å². The molecule has 5 heteroatoms. The van der Waals surface area contributed by atoms with Crippen LogP contribution < -0.4 is 10.5 Å². The van der Waals surface area contributed by atoms with Gasteiger partial charge in [-0.25, -0.2) is 4.39 Å². The minimum Gasteiger partial charge on any atom is -0.455 e. The van der Waals surface area contributed by atoms with Gasteiger partial charge in [-0.15, -0.1) is 0 Å². The normalized spacial score (nSPS) is 10.3. The van der Waals surface area contributed by atoms with Gasteiger partial charge >= 0.3 is 0 Å². The van der Waals surface area contributed by atoms with E-state index in [1.54, 1.807) is 38.4 Å². The lowest BCUT2D eigenvalue weighted by Gasteiger charge is -2.14. The minimum atomic E-state index is -0.381. The van der Waals surface area contributed by atoms with Crippen LogP contribution in [0, 0.1) is 12.7 Å². The van der Waals surface area contributed by atoms with E-state index in [0.717, 1.165) is 5.56 Å². The Kier molecular flexibility index (Phi) is 4.12. The zero-order chi connectivity index (χ0) is 15.6. The van der Waals surface area contributed by atoms with E-state index in [0.29, 0.717) is 22.7 Å². The summed E-state index contributed by atoms with van der Waals surface area (Å²) in [4.78, 5) is 13.3. The highest BCUT2D eigenvalue weighted by molar-refractivity contribution is 5.95. The van der Waals surface area contributed by atoms with Gasteiger partial charge in [0.15, 0.2) is 0 Å². The Morgan fingerprint density at radius 1 is 1.14 bits per heavy atom. The van der Waals surface area contributed by atoms with Gasteiger partial charge in [0.05, 0.1) is 5.69 Å². The van der Waals surface area contributed by atoms with Crippen molar-refractivity contribution < 1.29 is 13.9 Å². The lowest BCUT2D eigenvalue weighted by atomic mass is 10.1. The number of rotatable bonds is 3. The summed E-state index contributed by atoms with van der Waals surface area (Å²) in [6.07, 6.45) is 0. The first-order chi connectivity index (χ1) is 9.88. The molecule has 0 aromatic heterocycles. The van der Waals surface area contributed by atoms with Crippen molar-refractivity contribution in [1.82, 2.24) is 4.90 Å². The van der Waals surface area contributed by atoms with Gasteiger partial charge in [0.2, 0.25) is 0 Å². The monoisotopic (exact) mass is 288 g/mol. The molecular weight excluding hydrogens is 271 g/mol. The van der Waals surface area contributed by atoms with E-state index in [9.17, 15) is 9.18 Å². The zero-order valence-corrected chi connectivity index (χ0v) is 12.2. The molecule has 0 radical (unpaired) electrons. The number of nitrogens with two attached hydrogens (primary N) is 1. The molecule has 0 fully saturated rings. The molecule has 0 aliphatic carbocycles. The van der Waals surface area contributed by atoms with E-state index in [2.05, 4.69) is 0 Å². The summed E-state index contributed by atoms with van der Waals surface area (Å²) in [5, 5.41) is 0. The van der Waals surface area contributed by atoms with Crippen LogP contribution in [0.5, 0.6) is 11.5 Å². The lowest BCUT2D eigenvalue weighted by Crippen LogP contribution is -2.21. The fraction of sp³-hybridized carbons (Fsp3) is 0.188. The number of aryl methyl sites for hydroxylation is 1.